The van der Waals surface area contributed by atoms with Crippen molar-refractivity contribution in [3.05, 3.63) is 63.7 Å². The summed E-state index contributed by atoms with van der Waals surface area (Å²) in [6, 6.07) is 12.2. The molecule has 0 spiro atoms. The summed E-state index contributed by atoms with van der Waals surface area (Å²) >= 11 is 0. The molecule has 0 aliphatic carbocycles. The molecule has 1 aliphatic rings. The van der Waals surface area contributed by atoms with Crippen LogP contribution in [0, 0.1) is 29.9 Å². The maximum Gasteiger partial charge on any atom is 0.309 e. The van der Waals surface area contributed by atoms with Gasteiger partial charge in [0.1, 0.15) is 5.69 Å². The third-order valence-corrected chi connectivity index (χ3v) is 6.14. The maximum absolute atomic E-state index is 12.5. The van der Waals surface area contributed by atoms with Crippen LogP contribution in [-0.2, 0) is 19.1 Å². The fraction of sp³-hybridized carbons (Fsp3) is 0.400. The van der Waals surface area contributed by atoms with Crippen molar-refractivity contribution >= 4 is 34.8 Å². The second-order valence-corrected chi connectivity index (χ2v) is 8.68. The first kappa shape index (κ1) is 25.7. The molecule has 10 nitrogen and oxygen atoms in total. The third-order valence-electron chi connectivity index (χ3n) is 6.14. The zero-order valence-corrected chi connectivity index (χ0v) is 20.2. The Hall–Kier alpha value is -3.95. The van der Waals surface area contributed by atoms with Crippen LogP contribution in [0.25, 0.3) is 0 Å². The molecule has 1 fully saturated rings. The standard InChI is InChI=1S/C25H30N4O6/c1-17-7-6-8-18(2)24(17)26-22(30)15-27(3)23(31)16-35-25(32)19-11-13-28(14-12-19)20-9-4-5-10-21(20)29(33)34/h4-10,19H,11-16H2,1-3H3,(H,26,30). The van der Waals surface area contributed by atoms with Crippen LogP contribution < -0.4 is 10.2 Å². The van der Waals surface area contributed by atoms with Crippen LogP contribution in [0.4, 0.5) is 17.1 Å². The Kier molecular flexibility index (Phi) is 8.40. The van der Waals surface area contributed by atoms with Gasteiger partial charge >= 0.3 is 5.97 Å². The van der Waals surface area contributed by atoms with Crippen LogP contribution in [0.5, 0.6) is 0 Å². The normalized spacial score (nSPS) is 13.7. The molecule has 1 N–H and O–H groups in total. The first-order chi connectivity index (χ1) is 16.7. The van der Waals surface area contributed by atoms with Crippen LogP contribution in [0.1, 0.15) is 24.0 Å². The fourth-order valence-electron chi connectivity index (χ4n) is 4.10. The fourth-order valence-corrected chi connectivity index (χ4v) is 4.10. The number of hydrogen-bond donors (Lipinski definition) is 1. The number of carbonyl (C=O) groups is 3. The number of aryl methyl sites for hydroxylation is 2. The minimum Gasteiger partial charge on any atom is -0.455 e. The van der Waals surface area contributed by atoms with E-state index in [2.05, 4.69) is 5.32 Å². The number of amides is 2. The number of nitro groups is 1. The summed E-state index contributed by atoms with van der Waals surface area (Å²) in [4.78, 5) is 51.2. The molecule has 0 bridgehead atoms. The Bertz CT molecular complexity index is 1090. The Balaban J connectivity index is 1.44. The number of benzene rings is 2. The first-order valence-electron chi connectivity index (χ1n) is 11.4. The van der Waals surface area contributed by atoms with E-state index in [1.54, 1.807) is 18.2 Å². The molecule has 1 saturated heterocycles. The Morgan fingerprint density at radius 2 is 1.71 bits per heavy atom. The molecular formula is C25H30N4O6. The van der Waals surface area contributed by atoms with Crippen LogP contribution >= 0.6 is 0 Å². The van der Waals surface area contributed by atoms with E-state index < -0.39 is 23.4 Å². The number of likely N-dealkylation sites (N-methyl/N-ethyl adjacent to an activating group) is 1. The SMILES string of the molecule is Cc1cccc(C)c1NC(=O)CN(C)C(=O)COC(=O)C1CCN(c2ccccc2[N+](=O)[O-])CC1. The number of hydrogen-bond acceptors (Lipinski definition) is 7. The van der Waals surface area contributed by atoms with Crippen LogP contribution in [-0.4, -0.2) is 60.9 Å². The summed E-state index contributed by atoms with van der Waals surface area (Å²) < 4.78 is 5.22. The number of esters is 1. The van der Waals surface area contributed by atoms with Crippen LogP contribution in [0.15, 0.2) is 42.5 Å². The number of rotatable bonds is 8. The van der Waals surface area contributed by atoms with Crippen molar-refractivity contribution in [1.82, 2.24) is 4.90 Å². The summed E-state index contributed by atoms with van der Waals surface area (Å²) in [7, 11) is 1.48. The Morgan fingerprint density at radius 3 is 2.34 bits per heavy atom. The van der Waals surface area contributed by atoms with E-state index in [0.29, 0.717) is 31.6 Å². The molecule has 0 unspecified atom stereocenters. The lowest BCUT2D eigenvalue weighted by Gasteiger charge is -2.32. The largest absolute Gasteiger partial charge is 0.455 e. The quantitative estimate of drug-likeness (QED) is 0.349. The highest BCUT2D eigenvalue weighted by Gasteiger charge is 2.29. The number of piperidine rings is 1. The minimum absolute atomic E-state index is 0.0313. The highest BCUT2D eigenvalue weighted by atomic mass is 16.6. The number of para-hydroxylation sites is 3. The number of carbonyl (C=O) groups excluding carboxylic acids is 3. The average Bonchev–Trinajstić information content (AvgIpc) is 2.84. The number of nitro benzene ring substituents is 1. The highest BCUT2D eigenvalue weighted by molar-refractivity contribution is 5.96. The van der Waals surface area contributed by atoms with E-state index >= 15 is 0 Å². The van der Waals surface area contributed by atoms with Gasteiger partial charge in [0.05, 0.1) is 17.4 Å². The smallest absolute Gasteiger partial charge is 0.309 e. The van der Waals surface area contributed by atoms with Gasteiger partial charge in [-0.3, -0.25) is 24.5 Å². The number of nitrogens with one attached hydrogen (secondary N) is 1. The molecule has 3 rings (SSSR count). The van der Waals surface area contributed by atoms with Gasteiger partial charge in [-0.1, -0.05) is 30.3 Å². The van der Waals surface area contributed by atoms with Crippen molar-refractivity contribution in [2.45, 2.75) is 26.7 Å². The molecular weight excluding hydrogens is 452 g/mol. The minimum atomic E-state index is -0.479. The van der Waals surface area contributed by atoms with Gasteiger partial charge in [0, 0.05) is 31.9 Å². The molecule has 186 valence electrons. The number of nitrogens with zero attached hydrogens (tertiary/aromatic N) is 3. The number of anilines is 2. The van der Waals surface area contributed by atoms with Gasteiger partial charge in [-0.2, -0.15) is 0 Å². The summed E-state index contributed by atoms with van der Waals surface area (Å²) in [5.41, 5.74) is 3.13. The lowest BCUT2D eigenvalue weighted by Crippen LogP contribution is -2.40. The topological polar surface area (TPSA) is 122 Å². The molecule has 2 aromatic carbocycles. The molecule has 2 amide bonds. The van der Waals surface area contributed by atoms with E-state index in [-0.39, 0.29) is 24.1 Å². The summed E-state index contributed by atoms with van der Waals surface area (Å²) in [5.74, 6) is -1.69. The van der Waals surface area contributed by atoms with Crippen molar-refractivity contribution in [3.8, 4) is 0 Å². The molecule has 2 aromatic rings. The van der Waals surface area contributed by atoms with E-state index in [1.807, 2.05) is 36.9 Å². The van der Waals surface area contributed by atoms with Gasteiger partial charge in [0.15, 0.2) is 6.61 Å². The molecule has 0 atom stereocenters. The Labute approximate surface area is 204 Å². The molecule has 0 radical (unpaired) electrons. The van der Waals surface area contributed by atoms with Gasteiger partial charge in [-0.15, -0.1) is 0 Å². The monoisotopic (exact) mass is 482 g/mol. The summed E-state index contributed by atoms with van der Waals surface area (Å²) in [6.07, 6.45) is 0.931. The highest BCUT2D eigenvalue weighted by Crippen LogP contribution is 2.31. The third kappa shape index (κ3) is 6.56. The summed E-state index contributed by atoms with van der Waals surface area (Å²) in [5, 5.41) is 14.1. The molecule has 0 saturated carbocycles. The molecule has 0 aromatic heterocycles. The van der Waals surface area contributed by atoms with Crippen molar-refractivity contribution in [2.75, 3.05) is 43.5 Å². The van der Waals surface area contributed by atoms with Crippen LogP contribution in [0.3, 0.4) is 0 Å². The average molecular weight is 483 g/mol. The van der Waals surface area contributed by atoms with Crippen molar-refractivity contribution < 1.29 is 24.0 Å². The molecule has 1 aliphatic heterocycles. The van der Waals surface area contributed by atoms with Crippen molar-refractivity contribution in [3.63, 3.8) is 0 Å². The van der Waals surface area contributed by atoms with Gasteiger partial charge in [-0.05, 0) is 43.9 Å². The summed E-state index contributed by atoms with van der Waals surface area (Å²) in [6.45, 7) is 4.10. The zero-order chi connectivity index (χ0) is 25.5. The van der Waals surface area contributed by atoms with Crippen molar-refractivity contribution in [2.24, 2.45) is 5.92 Å². The van der Waals surface area contributed by atoms with Gasteiger partial charge in [0.2, 0.25) is 5.91 Å². The van der Waals surface area contributed by atoms with Gasteiger partial charge < -0.3 is 19.9 Å². The predicted octanol–water partition coefficient (Wildman–Crippen LogP) is 3.07. The molecule has 10 heteroatoms. The first-order valence-corrected chi connectivity index (χ1v) is 11.4. The maximum atomic E-state index is 12.5. The number of ether oxygens (including phenoxy) is 1. The van der Waals surface area contributed by atoms with Gasteiger partial charge in [0.25, 0.3) is 11.6 Å². The van der Waals surface area contributed by atoms with E-state index in [1.165, 1.54) is 18.0 Å². The van der Waals surface area contributed by atoms with E-state index in [4.69, 9.17) is 4.74 Å². The second kappa shape index (κ2) is 11.5. The van der Waals surface area contributed by atoms with E-state index in [9.17, 15) is 24.5 Å². The molecule has 35 heavy (non-hydrogen) atoms. The van der Waals surface area contributed by atoms with Crippen LogP contribution in [0.2, 0.25) is 0 Å². The van der Waals surface area contributed by atoms with E-state index in [0.717, 1.165) is 16.8 Å². The molecule has 1 heterocycles. The van der Waals surface area contributed by atoms with Gasteiger partial charge in [-0.25, -0.2) is 0 Å². The lowest BCUT2D eigenvalue weighted by atomic mass is 9.96. The van der Waals surface area contributed by atoms with Crippen molar-refractivity contribution in [1.29, 1.82) is 0 Å². The lowest BCUT2D eigenvalue weighted by molar-refractivity contribution is -0.384. The Morgan fingerprint density at radius 1 is 1.09 bits per heavy atom. The zero-order valence-electron chi connectivity index (χ0n) is 20.2. The predicted molar refractivity (Wildman–Crippen MR) is 131 cm³/mol. The second-order valence-electron chi connectivity index (χ2n) is 8.68.